The fourth-order valence-corrected chi connectivity index (χ4v) is 3.62. The number of hydrogen-bond acceptors (Lipinski definition) is 4. The van der Waals surface area contributed by atoms with Gasteiger partial charge in [-0.2, -0.15) is 0 Å². The molecule has 2 aromatic carbocycles. The maximum atomic E-state index is 12.7. The van der Waals surface area contributed by atoms with Crippen molar-refractivity contribution in [2.75, 3.05) is 13.1 Å². The molecule has 1 atom stereocenters. The molecule has 0 radical (unpaired) electrons. The summed E-state index contributed by atoms with van der Waals surface area (Å²) in [4.78, 5) is 14.7. The minimum Gasteiger partial charge on any atom is -0.342 e. The summed E-state index contributed by atoms with van der Waals surface area (Å²) >= 11 is 0. The quantitative estimate of drug-likeness (QED) is 0.727. The van der Waals surface area contributed by atoms with Crippen LogP contribution < -0.4 is 0 Å². The van der Waals surface area contributed by atoms with Crippen LogP contribution in [0, 0.1) is 6.92 Å². The standard InChI is InChI=1S/C20H21N5O/c1-15-4-2-3-5-19(15)17-10-11-24(13-17)20(26)12-16-6-8-18(9-7-16)25-14-21-22-23-25/h2-9,14,17H,10-13H2,1H3/t17-/m1/s1. The van der Waals surface area contributed by atoms with Gasteiger partial charge in [-0.1, -0.05) is 36.4 Å². The van der Waals surface area contributed by atoms with E-state index in [1.807, 2.05) is 29.2 Å². The van der Waals surface area contributed by atoms with E-state index in [0.717, 1.165) is 30.8 Å². The molecule has 3 aromatic rings. The first-order valence-electron chi connectivity index (χ1n) is 8.86. The number of hydrogen-bond donors (Lipinski definition) is 0. The lowest BCUT2D eigenvalue weighted by Crippen LogP contribution is -2.29. The van der Waals surface area contributed by atoms with Gasteiger partial charge in [0.1, 0.15) is 6.33 Å². The van der Waals surface area contributed by atoms with E-state index < -0.39 is 0 Å². The minimum absolute atomic E-state index is 0.191. The van der Waals surface area contributed by atoms with E-state index in [4.69, 9.17) is 0 Å². The molecule has 1 aliphatic heterocycles. The second kappa shape index (κ2) is 7.07. The highest BCUT2D eigenvalue weighted by molar-refractivity contribution is 5.79. The first-order chi connectivity index (χ1) is 12.7. The Morgan fingerprint density at radius 2 is 1.96 bits per heavy atom. The van der Waals surface area contributed by atoms with Gasteiger partial charge in [0, 0.05) is 19.0 Å². The molecule has 0 bridgehead atoms. The maximum absolute atomic E-state index is 12.7. The van der Waals surface area contributed by atoms with Crippen molar-refractivity contribution in [1.29, 1.82) is 0 Å². The minimum atomic E-state index is 0.191. The van der Waals surface area contributed by atoms with E-state index in [1.54, 1.807) is 11.0 Å². The first-order valence-corrected chi connectivity index (χ1v) is 8.86. The maximum Gasteiger partial charge on any atom is 0.227 e. The lowest BCUT2D eigenvalue weighted by atomic mass is 9.94. The van der Waals surface area contributed by atoms with Crippen LogP contribution in [0.3, 0.4) is 0 Å². The lowest BCUT2D eigenvalue weighted by molar-refractivity contribution is -0.129. The van der Waals surface area contributed by atoms with Gasteiger partial charge in [-0.25, -0.2) is 4.68 Å². The van der Waals surface area contributed by atoms with E-state index >= 15 is 0 Å². The van der Waals surface area contributed by atoms with Crippen LogP contribution in [0.25, 0.3) is 5.69 Å². The van der Waals surface area contributed by atoms with Crippen molar-refractivity contribution in [3.8, 4) is 5.69 Å². The molecule has 2 heterocycles. The molecule has 132 valence electrons. The Morgan fingerprint density at radius 1 is 1.15 bits per heavy atom. The average Bonchev–Trinajstić information content (AvgIpc) is 3.35. The molecule has 0 saturated carbocycles. The predicted octanol–water partition coefficient (Wildman–Crippen LogP) is 2.53. The number of aryl methyl sites for hydroxylation is 1. The average molecular weight is 347 g/mol. The molecule has 6 nitrogen and oxygen atoms in total. The van der Waals surface area contributed by atoms with Crippen LogP contribution in [-0.4, -0.2) is 44.1 Å². The first kappa shape index (κ1) is 16.4. The normalized spacial score (nSPS) is 16.8. The van der Waals surface area contributed by atoms with Crippen LogP contribution in [0.15, 0.2) is 54.9 Å². The van der Waals surface area contributed by atoms with E-state index in [1.165, 1.54) is 11.1 Å². The molecule has 4 rings (SSSR count). The summed E-state index contributed by atoms with van der Waals surface area (Å²) in [5.41, 5.74) is 4.57. The lowest BCUT2D eigenvalue weighted by Gasteiger charge is -2.18. The van der Waals surface area contributed by atoms with Crippen LogP contribution in [0.5, 0.6) is 0 Å². The molecule has 6 heteroatoms. The molecule has 1 amide bonds. The third-order valence-corrected chi connectivity index (χ3v) is 5.07. The largest absolute Gasteiger partial charge is 0.342 e. The Kier molecular flexibility index (Phi) is 4.48. The summed E-state index contributed by atoms with van der Waals surface area (Å²) in [5, 5.41) is 11.1. The SMILES string of the molecule is Cc1ccccc1[C@@H]1CCN(C(=O)Cc2ccc(-n3cnnn3)cc2)C1. The van der Waals surface area contributed by atoms with Gasteiger partial charge in [-0.05, 0) is 52.6 Å². The molecule has 26 heavy (non-hydrogen) atoms. The number of aromatic nitrogens is 4. The van der Waals surface area contributed by atoms with Crippen molar-refractivity contribution in [2.45, 2.75) is 25.7 Å². The number of benzene rings is 2. The number of amides is 1. The van der Waals surface area contributed by atoms with Gasteiger partial charge in [0.25, 0.3) is 0 Å². The molecule has 0 N–H and O–H groups in total. The highest BCUT2D eigenvalue weighted by atomic mass is 16.2. The Labute approximate surface area is 152 Å². The third-order valence-electron chi connectivity index (χ3n) is 5.07. The molecule has 1 aromatic heterocycles. The van der Waals surface area contributed by atoms with Gasteiger partial charge < -0.3 is 4.90 Å². The van der Waals surface area contributed by atoms with Gasteiger partial charge >= 0.3 is 0 Å². The monoisotopic (exact) mass is 347 g/mol. The Hall–Kier alpha value is -3.02. The molecule has 1 fully saturated rings. The van der Waals surface area contributed by atoms with Crippen LogP contribution in [0.2, 0.25) is 0 Å². The summed E-state index contributed by atoms with van der Waals surface area (Å²) in [6.07, 6.45) is 3.02. The Balaban J connectivity index is 1.39. The van der Waals surface area contributed by atoms with Gasteiger partial charge in [0.2, 0.25) is 5.91 Å². The molecule has 1 aliphatic rings. The molecule has 1 saturated heterocycles. The predicted molar refractivity (Wildman–Crippen MR) is 98.0 cm³/mol. The van der Waals surface area contributed by atoms with Crippen LogP contribution in [0.1, 0.15) is 29.0 Å². The highest BCUT2D eigenvalue weighted by Crippen LogP contribution is 2.29. The molecule has 0 aliphatic carbocycles. The fourth-order valence-electron chi connectivity index (χ4n) is 3.62. The van der Waals surface area contributed by atoms with E-state index in [2.05, 4.69) is 46.7 Å². The second-order valence-corrected chi connectivity index (χ2v) is 6.78. The summed E-state index contributed by atoms with van der Waals surface area (Å²) < 4.78 is 1.60. The van der Waals surface area contributed by atoms with Gasteiger partial charge in [0.15, 0.2) is 0 Å². The topological polar surface area (TPSA) is 63.9 Å². The van der Waals surface area contributed by atoms with Crippen LogP contribution >= 0.6 is 0 Å². The van der Waals surface area contributed by atoms with E-state index in [-0.39, 0.29) is 5.91 Å². The summed E-state index contributed by atoms with van der Waals surface area (Å²) in [6, 6.07) is 16.3. The summed E-state index contributed by atoms with van der Waals surface area (Å²) in [7, 11) is 0. The third kappa shape index (κ3) is 3.35. The fraction of sp³-hybridized carbons (Fsp3) is 0.300. The number of tetrazole rings is 1. The van der Waals surface area contributed by atoms with Crippen LogP contribution in [-0.2, 0) is 11.2 Å². The van der Waals surface area contributed by atoms with E-state index in [9.17, 15) is 4.79 Å². The smallest absolute Gasteiger partial charge is 0.227 e. The zero-order chi connectivity index (χ0) is 17.9. The Bertz CT molecular complexity index is 889. The summed E-state index contributed by atoms with van der Waals surface area (Å²) in [5.74, 6) is 0.638. The molecule has 0 spiro atoms. The van der Waals surface area contributed by atoms with Crippen molar-refractivity contribution in [1.82, 2.24) is 25.1 Å². The Morgan fingerprint density at radius 3 is 2.69 bits per heavy atom. The number of likely N-dealkylation sites (tertiary alicyclic amines) is 1. The second-order valence-electron chi connectivity index (χ2n) is 6.78. The van der Waals surface area contributed by atoms with Crippen molar-refractivity contribution in [3.05, 3.63) is 71.5 Å². The van der Waals surface area contributed by atoms with Crippen molar-refractivity contribution in [3.63, 3.8) is 0 Å². The zero-order valence-corrected chi connectivity index (χ0v) is 14.7. The molecular weight excluding hydrogens is 326 g/mol. The van der Waals surface area contributed by atoms with Crippen molar-refractivity contribution in [2.24, 2.45) is 0 Å². The number of carbonyl (C=O) groups excluding carboxylic acids is 1. The van der Waals surface area contributed by atoms with Gasteiger partial charge in [-0.15, -0.1) is 5.10 Å². The zero-order valence-electron chi connectivity index (χ0n) is 14.7. The van der Waals surface area contributed by atoms with Crippen LogP contribution in [0.4, 0.5) is 0 Å². The van der Waals surface area contributed by atoms with Crippen molar-refractivity contribution >= 4 is 5.91 Å². The molecule has 0 unspecified atom stereocenters. The summed E-state index contributed by atoms with van der Waals surface area (Å²) in [6.45, 7) is 3.79. The van der Waals surface area contributed by atoms with Gasteiger partial charge in [-0.3, -0.25) is 4.79 Å². The number of nitrogens with zero attached hydrogens (tertiary/aromatic N) is 5. The van der Waals surface area contributed by atoms with E-state index in [0.29, 0.717) is 12.3 Å². The molecular formula is C20H21N5O. The highest BCUT2D eigenvalue weighted by Gasteiger charge is 2.27. The van der Waals surface area contributed by atoms with Gasteiger partial charge in [0.05, 0.1) is 12.1 Å². The van der Waals surface area contributed by atoms with Crippen molar-refractivity contribution < 1.29 is 4.79 Å². The number of carbonyl (C=O) groups is 1. The number of rotatable bonds is 4.